The van der Waals surface area contributed by atoms with Crippen LogP contribution in [-0.4, -0.2) is 29.6 Å². The van der Waals surface area contributed by atoms with Gasteiger partial charge in [0.1, 0.15) is 0 Å². The number of nitrogens with two attached hydrogens (primary N) is 1. The number of carbonyl (C=O) groups is 2. The molecule has 0 aromatic rings. The van der Waals surface area contributed by atoms with Crippen LogP contribution in [0.1, 0.15) is 45.4 Å². The lowest BCUT2D eigenvalue weighted by atomic mass is 9.96. The van der Waals surface area contributed by atoms with Gasteiger partial charge in [0.15, 0.2) is 0 Å². The van der Waals surface area contributed by atoms with Crippen molar-refractivity contribution in [2.75, 3.05) is 6.54 Å². The second kappa shape index (κ2) is 7.36. The zero-order chi connectivity index (χ0) is 13.5. The monoisotopic (exact) mass is 256 g/mol. The van der Waals surface area contributed by atoms with Crippen LogP contribution in [0.2, 0.25) is 0 Å². The normalized spacial score (nSPS) is 24.8. The fourth-order valence-electron chi connectivity index (χ4n) is 2.52. The number of aliphatic carboxylic acids is 1. The first kappa shape index (κ1) is 15.0. The molecule has 1 rings (SSSR count). The summed E-state index contributed by atoms with van der Waals surface area (Å²) >= 11 is 0. The minimum Gasteiger partial charge on any atom is -0.481 e. The third-order valence-corrected chi connectivity index (χ3v) is 3.72. The van der Waals surface area contributed by atoms with E-state index in [1.807, 2.05) is 0 Å². The van der Waals surface area contributed by atoms with E-state index >= 15 is 0 Å². The number of unbranched alkanes of at least 4 members (excludes halogenated alkanes) is 1. The molecule has 0 spiro atoms. The summed E-state index contributed by atoms with van der Waals surface area (Å²) in [5, 5.41) is 11.8. The molecule has 1 aliphatic rings. The first-order valence-corrected chi connectivity index (χ1v) is 6.82. The average Bonchev–Trinajstić information content (AvgIpc) is 2.81. The number of carbonyl (C=O) groups excluding carboxylic acids is 1. The van der Waals surface area contributed by atoms with E-state index in [2.05, 4.69) is 12.2 Å². The maximum atomic E-state index is 11.7. The molecule has 4 N–H and O–H groups in total. The van der Waals surface area contributed by atoms with Gasteiger partial charge in [-0.25, -0.2) is 0 Å². The molecule has 0 aromatic heterocycles. The van der Waals surface area contributed by atoms with E-state index in [1.54, 1.807) is 0 Å². The number of nitrogens with one attached hydrogen (secondary N) is 1. The molecule has 1 aliphatic carbocycles. The van der Waals surface area contributed by atoms with E-state index < -0.39 is 12.0 Å². The molecule has 0 heterocycles. The molecule has 0 aliphatic heterocycles. The van der Waals surface area contributed by atoms with E-state index in [-0.39, 0.29) is 17.7 Å². The average molecular weight is 256 g/mol. The van der Waals surface area contributed by atoms with Gasteiger partial charge in [-0.3, -0.25) is 9.59 Å². The summed E-state index contributed by atoms with van der Waals surface area (Å²) in [6.07, 6.45) is 5.18. The fourth-order valence-corrected chi connectivity index (χ4v) is 2.52. The van der Waals surface area contributed by atoms with Gasteiger partial charge in [-0.15, -0.1) is 0 Å². The molecule has 104 valence electrons. The van der Waals surface area contributed by atoms with E-state index in [0.29, 0.717) is 13.0 Å². The van der Waals surface area contributed by atoms with Crippen molar-refractivity contribution < 1.29 is 14.7 Å². The largest absolute Gasteiger partial charge is 0.481 e. The third kappa shape index (κ3) is 4.29. The topological polar surface area (TPSA) is 92.4 Å². The second-order valence-corrected chi connectivity index (χ2v) is 5.13. The third-order valence-electron chi connectivity index (χ3n) is 3.72. The van der Waals surface area contributed by atoms with Crippen LogP contribution >= 0.6 is 0 Å². The Morgan fingerprint density at radius 2 is 2.17 bits per heavy atom. The lowest BCUT2D eigenvalue weighted by molar-refractivity contribution is -0.143. The van der Waals surface area contributed by atoms with Crippen molar-refractivity contribution in [1.29, 1.82) is 0 Å². The molecule has 1 amide bonds. The van der Waals surface area contributed by atoms with E-state index in [9.17, 15) is 9.59 Å². The first-order valence-electron chi connectivity index (χ1n) is 6.82. The summed E-state index contributed by atoms with van der Waals surface area (Å²) in [6.45, 7) is 2.50. The Kier molecular flexibility index (Phi) is 6.12. The molecule has 1 saturated carbocycles. The summed E-state index contributed by atoms with van der Waals surface area (Å²) in [5.41, 5.74) is 5.75. The van der Waals surface area contributed by atoms with E-state index in [1.165, 1.54) is 0 Å². The van der Waals surface area contributed by atoms with Crippen LogP contribution in [0.4, 0.5) is 0 Å². The summed E-state index contributed by atoms with van der Waals surface area (Å²) in [6, 6.07) is -0.463. The van der Waals surface area contributed by atoms with E-state index in [4.69, 9.17) is 10.8 Å². The highest BCUT2D eigenvalue weighted by Crippen LogP contribution is 2.31. The molecule has 2 unspecified atom stereocenters. The van der Waals surface area contributed by atoms with Crippen LogP contribution in [0.3, 0.4) is 0 Å². The Morgan fingerprint density at radius 1 is 1.44 bits per heavy atom. The number of hydrogen-bond donors (Lipinski definition) is 3. The quantitative estimate of drug-likeness (QED) is 0.636. The van der Waals surface area contributed by atoms with Gasteiger partial charge >= 0.3 is 5.97 Å². The van der Waals surface area contributed by atoms with Crippen molar-refractivity contribution in [3.63, 3.8) is 0 Å². The van der Waals surface area contributed by atoms with Gasteiger partial charge < -0.3 is 16.2 Å². The van der Waals surface area contributed by atoms with Gasteiger partial charge in [0.25, 0.3) is 0 Å². The van der Waals surface area contributed by atoms with Gasteiger partial charge in [0, 0.05) is 6.54 Å². The van der Waals surface area contributed by atoms with Gasteiger partial charge in [-0.2, -0.15) is 0 Å². The molecule has 1 fully saturated rings. The summed E-state index contributed by atoms with van der Waals surface area (Å²) < 4.78 is 0. The standard InChI is InChI=1S/C13H24N2O3/c1-2-3-7-11(14)12(16)15-8-9-5-4-6-10(9)13(17)18/h9-11H,2-8,14H2,1H3,(H,15,16)(H,17,18)/t9?,10?,11-/m0/s1. The maximum Gasteiger partial charge on any atom is 0.306 e. The number of rotatable bonds is 7. The highest BCUT2D eigenvalue weighted by Gasteiger charge is 2.33. The molecule has 18 heavy (non-hydrogen) atoms. The first-order chi connectivity index (χ1) is 8.56. The SMILES string of the molecule is CCCC[C@H](N)C(=O)NCC1CCCC1C(=O)O. The van der Waals surface area contributed by atoms with Crippen LogP contribution in [0.25, 0.3) is 0 Å². The maximum absolute atomic E-state index is 11.7. The highest BCUT2D eigenvalue weighted by molar-refractivity contribution is 5.81. The Balaban J connectivity index is 2.31. The number of amides is 1. The predicted molar refractivity (Wildman–Crippen MR) is 69.0 cm³/mol. The zero-order valence-electron chi connectivity index (χ0n) is 11.0. The molecule has 3 atom stereocenters. The molecule has 0 saturated heterocycles. The van der Waals surface area contributed by atoms with Crippen molar-refractivity contribution in [1.82, 2.24) is 5.32 Å². The van der Waals surface area contributed by atoms with Crippen LogP contribution in [0.15, 0.2) is 0 Å². The van der Waals surface area contributed by atoms with Gasteiger partial charge in [-0.05, 0) is 25.2 Å². The minimum absolute atomic E-state index is 0.0600. The molecule has 5 heteroatoms. The van der Waals surface area contributed by atoms with Crippen LogP contribution in [0, 0.1) is 11.8 Å². The predicted octanol–water partition coefficient (Wildman–Crippen LogP) is 1.12. The van der Waals surface area contributed by atoms with Crippen molar-refractivity contribution in [3.8, 4) is 0 Å². The second-order valence-electron chi connectivity index (χ2n) is 5.13. The lowest BCUT2D eigenvalue weighted by Gasteiger charge is -2.18. The van der Waals surface area contributed by atoms with Crippen LogP contribution < -0.4 is 11.1 Å². The smallest absolute Gasteiger partial charge is 0.306 e. The van der Waals surface area contributed by atoms with Crippen molar-refractivity contribution in [2.45, 2.75) is 51.5 Å². The molecular weight excluding hydrogens is 232 g/mol. The summed E-state index contributed by atoms with van der Waals surface area (Å²) in [5.74, 6) is -1.15. The number of carboxylic acid groups (broad SMARTS) is 1. The molecule has 0 aromatic carbocycles. The molecule has 0 bridgehead atoms. The molecular formula is C13H24N2O3. The van der Waals surface area contributed by atoms with Gasteiger partial charge in [0.2, 0.25) is 5.91 Å². The van der Waals surface area contributed by atoms with Crippen LogP contribution in [0.5, 0.6) is 0 Å². The Labute approximate surface area is 108 Å². The minimum atomic E-state index is -0.748. The number of carboxylic acids is 1. The lowest BCUT2D eigenvalue weighted by Crippen LogP contribution is -2.43. The Hall–Kier alpha value is -1.10. The molecule has 0 radical (unpaired) electrons. The highest BCUT2D eigenvalue weighted by atomic mass is 16.4. The van der Waals surface area contributed by atoms with Crippen molar-refractivity contribution in [2.24, 2.45) is 17.6 Å². The Bertz CT molecular complexity index is 294. The van der Waals surface area contributed by atoms with Gasteiger partial charge in [0.05, 0.1) is 12.0 Å². The zero-order valence-corrected chi connectivity index (χ0v) is 11.0. The molecule has 5 nitrogen and oxygen atoms in total. The summed E-state index contributed by atoms with van der Waals surface area (Å²) in [7, 11) is 0. The van der Waals surface area contributed by atoms with Crippen LogP contribution in [-0.2, 0) is 9.59 Å². The van der Waals surface area contributed by atoms with Crippen molar-refractivity contribution >= 4 is 11.9 Å². The summed E-state index contributed by atoms with van der Waals surface area (Å²) in [4.78, 5) is 22.7. The van der Waals surface area contributed by atoms with E-state index in [0.717, 1.165) is 32.1 Å². The van der Waals surface area contributed by atoms with Gasteiger partial charge in [-0.1, -0.05) is 26.2 Å². The number of hydrogen-bond acceptors (Lipinski definition) is 3. The van der Waals surface area contributed by atoms with Crippen molar-refractivity contribution in [3.05, 3.63) is 0 Å². The Morgan fingerprint density at radius 3 is 2.78 bits per heavy atom. The fraction of sp³-hybridized carbons (Fsp3) is 0.846.